The van der Waals surface area contributed by atoms with Gasteiger partial charge in [-0.15, -0.1) is 0 Å². The van der Waals surface area contributed by atoms with E-state index in [4.69, 9.17) is 17.3 Å². The number of halogens is 1. The molecule has 0 spiro atoms. The van der Waals surface area contributed by atoms with Crippen molar-refractivity contribution in [2.75, 3.05) is 11.6 Å². The number of rotatable bonds is 0. The van der Waals surface area contributed by atoms with Crippen LogP contribution in [0.5, 0.6) is 0 Å². The van der Waals surface area contributed by atoms with E-state index in [2.05, 4.69) is 0 Å². The maximum absolute atomic E-state index is 9.58. The van der Waals surface area contributed by atoms with E-state index >= 15 is 0 Å². The van der Waals surface area contributed by atoms with Crippen molar-refractivity contribution in [3.8, 4) is 0 Å². The summed E-state index contributed by atoms with van der Waals surface area (Å²) in [6.07, 6.45) is 0.771. The summed E-state index contributed by atoms with van der Waals surface area (Å²) in [6, 6.07) is 5.55. The van der Waals surface area contributed by atoms with Gasteiger partial charge in [0.2, 0.25) is 0 Å². The van der Waals surface area contributed by atoms with Crippen LogP contribution in [0.1, 0.15) is 5.56 Å². The molecule has 3 N–H and O–H groups in total. The van der Waals surface area contributed by atoms with Gasteiger partial charge in [0.25, 0.3) is 0 Å². The molecule has 1 atom stereocenters. The first-order valence-electron chi connectivity index (χ1n) is 4.18. The Morgan fingerprint density at radius 2 is 2.31 bits per heavy atom. The van der Waals surface area contributed by atoms with Gasteiger partial charge in [-0.2, -0.15) is 0 Å². The number of benzene rings is 1. The Balaban J connectivity index is 2.49. The molecule has 0 aromatic heterocycles. The first kappa shape index (κ1) is 8.81. The van der Waals surface area contributed by atoms with E-state index in [1.807, 2.05) is 12.1 Å². The summed E-state index contributed by atoms with van der Waals surface area (Å²) in [5.74, 6) is 0. The van der Waals surface area contributed by atoms with Crippen LogP contribution in [-0.2, 0) is 6.42 Å². The lowest BCUT2D eigenvalue weighted by molar-refractivity contribution is 0.238. The van der Waals surface area contributed by atoms with Gasteiger partial charge in [0.1, 0.15) is 0 Å². The maximum Gasteiger partial charge on any atom is 0.0853 e. The number of fused-ring (bicyclic) bond motifs is 1. The summed E-state index contributed by atoms with van der Waals surface area (Å²) < 4.78 is 0. The fraction of sp³-hybridized carbons (Fsp3) is 0.333. The van der Waals surface area contributed by atoms with E-state index in [1.54, 1.807) is 6.07 Å². The lowest BCUT2D eigenvalue weighted by Gasteiger charge is -2.30. The first-order valence-corrected chi connectivity index (χ1v) is 4.55. The van der Waals surface area contributed by atoms with Gasteiger partial charge in [-0.1, -0.05) is 23.7 Å². The van der Waals surface area contributed by atoms with Crippen LogP contribution < -0.4 is 10.8 Å². The van der Waals surface area contributed by atoms with Crippen LogP contribution in [0.25, 0.3) is 0 Å². The van der Waals surface area contributed by atoms with E-state index in [9.17, 15) is 5.21 Å². The SMILES string of the molecule is NC1Cc2cccc(Cl)c2N(O)C1. The predicted octanol–water partition coefficient (Wildman–Crippen LogP) is 1.42. The van der Waals surface area contributed by atoms with Gasteiger partial charge in [-0.25, -0.2) is 0 Å². The zero-order valence-corrected chi connectivity index (χ0v) is 7.83. The number of para-hydroxylation sites is 1. The highest BCUT2D eigenvalue weighted by molar-refractivity contribution is 6.33. The molecule has 2 rings (SSSR count). The highest BCUT2D eigenvalue weighted by atomic mass is 35.5. The Hall–Kier alpha value is -0.770. The van der Waals surface area contributed by atoms with Crippen LogP contribution >= 0.6 is 11.6 Å². The van der Waals surface area contributed by atoms with E-state index in [-0.39, 0.29) is 6.04 Å². The predicted molar refractivity (Wildman–Crippen MR) is 52.3 cm³/mol. The molecule has 1 aliphatic rings. The molecule has 13 heavy (non-hydrogen) atoms. The normalized spacial score (nSPS) is 21.5. The van der Waals surface area contributed by atoms with Crippen molar-refractivity contribution in [1.82, 2.24) is 0 Å². The molecule has 1 aromatic rings. The van der Waals surface area contributed by atoms with Crippen molar-refractivity contribution < 1.29 is 5.21 Å². The number of nitrogens with two attached hydrogens (primary N) is 1. The Bertz CT molecular complexity index is 329. The topological polar surface area (TPSA) is 49.5 Å². The van der Waals surface area contributed by atoms with Crippen molar-refractivity contribution in [3.05, 3.63) is 28.8 Å². The molecule has 1 aliphatic heterocycles. The average molecular weight is 199 g/mol. The summed E-state index contributed by atoms with van der Waals surface area (Å²) in [6.45, 7) is 0.441. The van der Waals surface area contributed by atoms with Crippen molar-refractivity contribution in [2.24, 2.45) is 5.73 Å². The highest BCUT2D eigenvalue weighted by Gasteiger charge is 2.22. The smallest absolute Gasteiger partial charge is 0.0853 e. The molecule has 4 heteroatoms. The lowest BCUT2D eigenvalue weighted by Crippen LogP contribution is -2.41. The fourth-order valence-electron chi connectivity index (χ4n) is 1.67. The molecule has 0 fully saturated rings. The molecule has 0 saturated heterocycles. The van der Waals surface area contributed by atoms with Gasteiger partial charge in [0.05, 0.1) is 17.3 Å². The summed E-state index contributed by atoms with van der Waals surface area (Å²) in [5, 5.41) is 11.3. The van der Waals surface area contributed by atoms with Crippen LogP contribution in [0.4, 0.5) is 5.69 Å². The minimum atomic E-state index is -0.0176. The average Bonchev–Trinajstić information content (AvgIpc) is 2.02. The van der Waals surface area contributed by atoms with Crippen molar-refractivity contribution in [1.29, 1.82) is 0 Å². The second-order valence-electron chi connectivity index (χ2n) is 3.29. The minimum absolute atomic E-state index is 0.0176. The largest absolute Gasteiger partial charge is 0.326 e. The van der Waals surface area contributed by atoms with E-state index in [1.165, 1.54) is 0 Å². The zero-order chi connectivity index (χ0) is 9.42. The van der Waals surface area contributed by atoms with Crippen molar-refractivity contribution >= 4 is 17.3 Å². The van der Waals surface area contributed by atoms with Crippen LogP contribution in [-0.4, -0.2) is 17.8 Å². The number of hydroxylamine groups is 1. The number of hydrogen-bond donors (Lipinski definition) is 2. The molecule has 1 unspecified atom stereocenters. The quantitative estimate of drug-likeness (QED) is 0.663. The number of anilines is 1. The van der Waals surface area contributed by atoms with Gasteiger partial charge in [-0.05, 0) is 18.1 Å². The third-order valence-corrected chi connectivity index (χ3v) is 2.52. The first-order chi connectivity index (χ1) is 6.18. The molecule has 0 amide bonds. The Morgan fingerprint density at radius 1 is 1.54 bits per heavy atom. The van der Waals surface area contributed by atoms with Gasteiger partial charge < -0.3 is 5.73 Å². The number of hydrogen-bond acceptors (Lipinski definition) is 3. The molecular formula is C9H11ClN2O. The number of nitrogens with zero attached hydrogens (tertiary/aromatic N) is 1. The van der Waals surface area contributed by atoms with Crippen molar-refractivity contribution in [2.45, 2.75) is 12.5 Å². The molecule has 0 aliphatic carbocycles. The third-order valence-electron chi connectivity index (χ3n) is 2.22. The Morgan fingerprint density at radius 3 is 3.08 bits per heavy atom. The van der Waals surface area contributed by atoms with E-state index < -0.39 is 0 Å². The van der Waals surface area contributed by atoms with Crippen molar-refractivity contribution in [3.63, 3.8) is 0 Å². The van der Waals surface area contributed by atoms with Gasteiger partial charge >= 0.3 is 0 Å². The maximum atomic E-state index is 9.58. The van der Waals surface area contributed by atoms with Crippen LogP contribution in [0.2, 0.25) is 5.02 Å². The molecular weight excluding hydrogens is 188 g/mol. The Labute approximate surface area is 81.7 Å². The molecule has 3 nitrogen and oxygen atoms in total. The molecule has 0 saturated carbocycles. The molecule has 1 aromatic carbocycles. The van der Waals surface area contributed by atoms with E-state index in [0.29, 0.717) is 17.3 Å². The summed E-state index contributed by atoms with van der Waals surface area (Å²) in [7, 11) is 0. The molecule has 0 radical (unpaired) electrons. The summed E-state index contributed by atoms with van der Waals surface area (Å²) >= 11 is 5.94. The summed E-state index contributed by atoms with van der Waals surface area (Å²) in [4.78, 5) is 0. The van der Waals surface area contributed by atoms with Gasteiger partial charge in [-0.3, -0.25) is 10.3 Å². The lowest BCUT2D eigenvalue weighted by atomic mass is 10.0. The molecule has 70 valence electrons. The molecule has 1 heterocycles. The van der Waals surface area contributed by atoms with Crippen LogP contribution in [0.3, 0.4) is 0 Å². The summed E-state index contributed by atoms with van der Waals surface area (Å²) in [5.41, 5.74) is 7.45. The standard InChI is InChI=1S/C9H11ClN2O/c10-8-3-1-2-6-4-7(11)5-12(13)9(6)8/h1-3,7,13H,4-5,11H2. The third kappa shape index (κ3) is 1.50. The zero-order valence-electron chi connectivity index (χ0n) is 7.07. The van der Waals surface area contributed by atoms with Gasteiger partial charge in [0.15, 0.2) is 0 Å². The monoisotopic (exact) mass is 198 g/mol. The minimum Gasteiger partial charge on any atom is -0.326 e. The second-order valence-corrected chi connectivity index (χ2v) is 3.70. The van der Waals surface area contributed by atoms with Gasteiger partial charge in [0, 0.05) is 6.04 Å². The Kier molecular flexibility index (Phi) is 2.15. The van der Waals surface area contributed by atoms with E-state index in [0.717, 1.165) is 17.0 Å². The fourth-order valence-corrected chi connectivity index (χ4v) is 1.97. The molecule has 0 bridgehead atoms. The van der Waals surface area contributed by atoms with Crippen LogP contribution in [0.15, 0.2) is 18.2 Å². The second kappa shape index (κ2) is 3.18. The van der Waals surface area contributed by atoms with Crippen LogP contribution in [0, 0.1) is 0 Å². The highest BCUT2D eigenvalue weighted by Crippen LogP contribution is 2.32.